The SMILES string of the molecule is CC(Oc1ccccc1)C(=O)NCc1cncc(-c2ccoc2)c1. The van der Waals surface area contributed by atoms with E-state index in [1.54, 1.807) is 31.8 Å². The standard InChI is InChI=1S/C19H18N2O3/c1-14(24-18-5-3-2-4-6-18)19(22)21-11-15-9-17(12-20-10-15)16-7-8-23-13-16/h2-10,12-14H,11H2,1H3,(H,21,22). The van der Waals surface area contributed by atoms with E-state index in [9.17, 15) is 4.79 Å². The van der Waals surface area contributed by atoms with Crippen LogP contribution in [0.4, 0.5) is 0 Å². The van der Waals surface area contributed by atoms with Gasteiger partial charge in [0.05, 0.1) is 12.5 Å². The first-order chi connectivity index (χ1) is 11.7. The summed E-state index contributed by atoms with van der Waals surface area (Å²) in [5.74, 6) is 0.497. The lowest BCUT2D eigenvalue weighted by Crippen LogP contribution is -2.35. The first-order valence-electron chi connectivity index (χ1n) is 7.68. The molecule has 1 unspecified atom stereocenters. The summed E-state index contributed by atoms with van der Waals surface area (Å²) in [6, 6.07) is 13.1. The average molecular weight is 322 g/mol. The van der Waals surface area contributed by atoms with Gasteiger partial charge in [0.25, 0.3) is 5.91 Å². The molecule has 0 saturated carbocycles. The molecule has 0 bridgehead atoms. The number of ether oxygens (including phenoxy) is 1. The summed E-state index contributed by atoms with van der Waals surface area (Å²) in [5, 5.41) is 2.86. The molecule has 122 valence electrons. The van der Waals surface area contributed by atoms with E-state index in [4.69, 9.17) is 9.15 Å². The number of rotatable bonds is 6. The van der Waals surface area contributed by atoms with Crippen LogP contribution in [0.1, 0.15) is 12.5 Å². The van der Waals surface area contributed by atoms with Gasteiger partial charge < -0.3 is 14.5 Å². The molecule has 3 aromatic rings. The molecule has 0 aliphatic carbocycles. The normalized spacial score (nSPS) is 11.7. The molecule has 0 aliphatic heterocycles. The number of nitrogens with one attached hydrogen (secondary N) is 1. The maximum absolute atomic E-state index is 12.2. The molecule has 1 amide bonds. The van der Waals surface area contributed by atoms with Crippen molar-refractivity contribution in [2.75, 3.05) is 0 Å². The van der Waals surface area contributed by atoms with Crippen LogP contribution in [0.3, 0.4) is 0 Å². The molecule has 0 saturated heterocycles. The quantitative estimate of drug-likeness (QED) is 0.755. The minimum absolute atomic E-state index is 0.174. The number of hydrogen-bond donors (Lipinski definition) is 1. The van der Waals surface area contributed by atoms with E-state index < -0.39 is 6.10 Å². The lowest BCUT2D eigenvalue weighted by Gasteiger charge is -2.14. The Hall–Kier alpha value is -3.08. The van der Waals surface area contributed by atoms with Crippen LogP contribution in [0.25, 0.3) is 11.1 Å². The molecule has 0 fully saturated rings. The van der Waals surface area contributed by atoms with Crippen molar-refractivity contribution in [2.45, 2.75) is 19.6 Å². The first kappa shape index (κ1) is 15.8. The Bertz CT molecular complexity index is 785. The second-order valence-electron chi connectivity index (χ2n) is 5.38. The summed E-state index contributed by atoms with van der Waals surface area (Å²) in [5.41, 5.74) is 2.81. The summed E-state index contributed by atoms with van der Waals surface area (Å²) in [4.78, 5) is 16.4. The number of benzene rings is 1. The topological polar surface area (TPSA) is 64.4 Å². The van der Waals surface area contributed by atoms with Gasteiger partial charge in [-0.1, -0.05) is 18.2 Å². The van der Waals surface area contributed by atoms with E-state index in [1.165, 1.54) is 0 Å². The highest BCUT2D eigenvalue weighted by Gasteiger charge is 2.14. The lowest BCUT2D eigenvalue weighted by atomic mass is 10.1. The number of carbonyl (C=O) groups excluding carboxylic acids is 1. The van der Waals surface area contributed by atoms with Crippen LogP contribution in [0, 0.1) is 0 Å². The summed E-state index contributed by atoms with van der Waals surface area (Å²) >= 11 is 0. The van der Waals surface area contributed by atoms with Crippen LogP contribution in [0.5, 0.6) is 5.75 Å². The van der Waals surface area contributed by atoms with Crippen molar-refractivity contribution in [1.82, 2.24) is 10.3 Å². The van der Waals surface area contributed by atoms with Crippen LogP contribution in [0.15, 0.2) is 71.8 Å². The molecule has 0 spiro atoms. The van der Waals surface area contributed by atoms with Crippen molar-refractivity contribution in [1.29, 1.82) is 0 Å². The fourth-order valence-corrected chi connectivity index (χ4v) is 2.26. The van der Waals surface area contributed by atoms with E-state index in [2.05, 4.69) is 10.3 Å². The molecule has 3 rings (SSSR count). The summed E-state index contributed by atoms with van der Waals surface area (Å²) in [6.45, 7) is 2.11. The predicted octanol–water partition coefficient (Wildman–Crippen LogP) is 3.43. The molecular weight excluding hydrogens is 304 g/mol. The number of amides is 1. The maximum Gasteiger partial charge on any atom is 0.261 e. The molecule has 1 aromatic carbocycles. The van der Waals surface area contributed by atoms with Crippen molar-refractivity contribution >= 4 is 5.91 Å². The summed E-state index contributed by atoms with van der Waals surface area (Å²) < 4.78 is 10.7. The largest absolute Gasteiger partial charge is 0.481 e. The van der Waals surface area contributed by atoms with E-state index in [0.29, 0.717) is 12.3 Å². The van der Waals surface area contributed by atoms with Gasteiger partial charge in [0, 0.05) is 30.1 Å². The van der Waals surface area contributed by atoms with E-state index in [0.717, 1.165) is 16.7 Å². The molecular formula is C19H18N2O3. The van der Waals surface area contributed by atoms with Crippen LogP contribution in [-0.2, 0) is 11.3 Å². The van der Waals surface area contributed by atoms with Crippen LogP contribution < -0.4 is 10.1 Å². The first-order valence-corrected chi connectivity index (χ1v) is 7.68. The molecule has 0 radical (unpaired) electrons. The van der Waals surface area contributed by atoms with Gasteiger partial charge in [-0.25, -0.2) is 0 Å². The fraction of sp³-hybridized carbons (Fsp3) is 0.158. The second kappa shape index (κ2) is 7.46. The Labute approximate surface area is 140 Å². The monoisotopic (exact) mass is 322 g/mol. The minimum Gasteiger partial charge on any atom is -0.481 e. The van der Waals surface area contributed by atoms with Gasteiger partial charge >= 0.3 is 0 Å². The third-order valence-electron chi connectivity index (χ3n) is 3.54. The van der Waals surface area contributed by atoms with Gasteiger partial charge in [0.1, 0.15) is 5.75 Å². The molecule has 1 N–H and O–H groups in total. The smallest absolute Gasteiger partial charge is 0.261 e. The van der Waals surface area contributed by atoms with E-state index in [1.807, 2.05) is 42.5 Å². The Morgan fingerprint density at radius 3 is 2.79 bits per heavy atom. The van der Waals surface area contributed by atoms with Crippen molar-refractivity contribution in [3.05, 3.63) is 72.9 Å². The molecule has 5 heteroatoms. The van der Waals surface area contributed by atoms with Gasteiger partial charge in [0.2, 0.25) is 0 Å². The van der Waals surface area contributed by atoms with Crippen LogP contribution in [0.2, 0.25) is 0 Å². The Morgan fingerprint density at radius 1 is 1.21 bits per heavy atom. The van der Waals surface area contributed by atoms with Gasteiger partial charge in [-0.05, 0) is 36.8 Å². The van der Waals surface area contributed by atoms with E-state index >= 15 is 0 Å². The van der Waals surface area contributed by atoms with E-state index in [-0.39, 0.29) is 5.91 Å². The third kappa shape index (κ3) is 4.01. The molecule has 0 aliphatic rings. The molecule has 24 heavy (non-hydrogen) atoms. The average Bonchev–Trinajstić information content (AvgIpc) is 3.15. The summed E-state index contributed by atoms with van der Waals surface area (Å²) in [6.07, 6.45) is 6.20. The molecule has 1 atom stereocenters. The van der Waals surface area contributed by atoms with Gasteiger partial charge in [-0.15, -0.1) is 0 Å². The fourth-order valence-electron chi connectivity index (χ4n) is 2.26. The maximum atomic E-state index is 12.2. The zero-order valence-electron chi connectivity index (χ0n) is 13.3. The third-order valence-corrected chi connectivity index (χ3v) is 3.54. The van der Waals surface area contributed by atoms with Crippen molar-refractivity contribution in [2.24, 2.45) is 0 Å². The number of pyridine rings is 1. The van der Waals surface area contributed by atoms with Gasteiger partial charge in [-0.2, -0.15) is 0 Å². The van der Waals surface area contributed by atoms with Gasteiger partial charge in [-0.3, -0.25) is 9.78 Å². The van der Waals surface area contributed by atoms with Crippen molar-refractivity contribution in [3.8, 4) is 16.9 Å². The predicted molar refractivity (Wildman–Crippen MR) is 90.3 cm³/mol. The number of furan rings is 1. The van der Waals surface area contributed by atoms with Gasteiger partial charge in [0.15, 0.2) is 6.10 Å². The Balaban J connectivity index is 1.57. The Morgan fingerprint density at radius 2 is 2.04 bits per heavy atom. The highest BCUT2D eigenvalue weighted by atomic mass is 16.5. The number of para-hydroxylation sites is 1. The minimum atomic E-state index is -0.572. The number of hydrogen-bond acceptors (Lipinski definition) is 4. The second-order valence-corrected chi connectivity index (χ2v) is 5.38. The number of carbonyl (C=O) groups is 1. The summed E-state index contributed by atoms with van der Waals surface area (Å²) in [7, 11) is 0. The highest BCUT2D eigenvalue weighted by Crippen LogP contribution is 2.19. The highest BCUT2D eigenvalue weighted by molar-refractivity contribution is 5.80. The lowest BCUT2D eigenvalue weighted by molar-refractivity contribution is -0.127. The zero-order valence-corrected chi connectivity index (χ0v) is 13.3. The molecule has 2 heterocycles. The van der Waals surface area contributed by atoms with Crippen molar-refractivity contribution < 1.29 is 13.9 Å². The Kier molecular flexibility index (Phi) is 4.91. The zero-order chi connectivity index (χ0) is 16.8. The van der Waals surface area contributed by atoms with Crippen LogP contribution >= 0.6 is 0 Å². The number of nitrogens with zero attached hydrogens (tertiary/aromatic N) is 1. The van der Waals surface area contributed by atoms with Crippen LogP contribution in [-0.4, -0.2) is 17.0 Å². The molecule has 2 aromatic heterocycles. The van der Waals surface area contributed by atoms with Crippen molar-refractivity contribution in [3.63, 3.8) is 0 Å². The molecule has 5 nitrogen and oxygen atoms in total. The number of aromatic nitrogens is 1.